The first kappa shape index (κ1) is 10.9. The number of aromatic carboxylic acids is 1. The summed E-state index contributed by atoms with van der Waals surface area (Å²) in [5.41, 5.74) is 1.04. The van der Waals surface area contributed by atoms with Gasteiger partial charge < -0.3 is 10.0 Å². The molecule has 0 unspecified atom stereocenters. The number of anilines is 1. The molecule has 1 aliphatic rings. The highest BCUT2D eigenvalue weighted by Crippen LogP contribution is 2.29. The van der Waals surface area contributed by atoms with E-state index < -0.39 is 5.97 Å². The summed E-state index contributed by atoms with van der Waals surface area (Å²) in [5.74, 6) is -0.176. The van der Waals surface area contributed by atoms with E-state index >= 15 is 0 Å². The van der Waals surface area contributed by atoms with Gasteiger partial charge in [0.1, 0.15) is 0 Å². The average molecular weight is 220 g/mol. The first-order chi connectivity index (χ1) is 7.68. The zero-order chi connectivity index (χ0) is 11.5. The lowest BCUT2D eigenvalue weighted by molar-refractivity contribution is 0.0697. The number of nitrogens with zero attached hydrogens (tertiary/aromatic N) is 2. The molecular weight excluding hydrogens is 204 g/mol. The third-order valence-corrected chi connectivity index (χ3v) is 3.20. The summed E-state index contributed by atoms with van der Waals surface area (Å²) < 4.78 is 0. The van der Waals surface area contributed by atoms with Crippen molar-refractivity contribution in [3.05, 3.63) is 24.0 Å². The quantitative estimate of drug-likeness (QED) is 0.843. The summed E-state index contributed by atoms with van der Waals surface area (Å²) >= 11 is 0. The van der Waals surface area contributed by atoms with Gasteiger partial charge in [0.25, 0.3) is 0 Å². The molecule has 1 aromatic heterocycles. The molecule has 0 saturated heterocycles. The average Bonchev–Trinajstić information content (AvgIpc) is 2.23. The predicted octanol–water partition coefficient (Wildman–Crippen LogP) is 2.02. The molecule has 1 aromatic rings. The van der Waals surface area contributed by atoms with Crippen LogP contribution in [0.1, 0.15) is 29.6 Å². The molecule has 0 amide bonds. The molecule has 0 radical (unpaired) electrons. The summed E-state index contributed by atoms with van der Waals surface area (Å²) in [6.45, 7) is 0.923. The third kappa shape index (κ3) is 2.15. The highest BCUT2D eigenvalue weighted by molar-refractivity contribution is 5.94. The van der Waals surface area contributed by atoms with Crippen LogP contribution in [0.15, 0.2) is 18.5 Å². The smallest absolute Gasteiger partial charge is 0.337 e. The second-order valence-corrected chi connectivity index (χ2v) is 4.38. The van der Waals surface area contributed by atoms with Gasteiger partial charge in [0, 0.05) is 19.8 Å². The highest BCUT2D eigenvalue weighted by atomic mass is 16.4. The van der Waals surface area contributed by atoms with Gasteiger partial charge >= 0.3 is 5.97 Å². The topological polar surface area (TPSA) is 53.4 Å². The maximum absolute atomic E-state index is 11.0. The number of aromatic nitrogens is 1. The molecular formula is C12H16N2O2. The fourth-order valence-electron chi connectivity index (χ4n) is 2.03. The van der Waals surface area contributed by atoms with Gasteiger partial charge in [-0.3, -0.25) is 4.98 Å². The highest BCUT2D eigenvalue weighted by Gasteiger charge is 2.21. The molecule has 1 heterocycles. The molecule has 0 aromatic carbocycles. The maximum atomic E-state index is 11.0. The van der Waals surface area contributed by atoms with Crippen molar-refractivity contribution < 1.29 is 9.90 Å². The SMILES string of the molecule is CN(CC1CCC1)c1cnccc1C(=O)O. The van der Waals surface area contributed by atoms with Crippen molar-refractivity contribution in [2.24, 2.45) is 5.92 Å². The molecule has 1 saturated carbocycles. The van der Waals surface area contributed by atoms with E-state index in [2.05, 4.69) is 4.98 Å². The number of pyridine rings is 1. The first-order valence-electron chi connectivity index (χ1n) is 5.57. The molecule has 0 bridgehead atoms. The van der Waals surface area contributed by atoms with Crippen molar-refractivity contribution in [2.45, 2.75) is 19.3 Å². The van der Waals surface area contributed by atoms with Crippen LogP contribution in [0, 0.1) is 5.92 Å². The van der Waals surface area contributed by atoms with Crippen LogP contribution in [0.3, 0.4) is 0 Å². The summed E-state index contributed by atoms with van der Waals surface area (Å²) in [7, 11) is 1.93. The molecule has 4 nitrogen and oxygen atoms in total. The van der Waals surface area contributed by atoms with Crippen LogP contribution in [0.2, 0.25) is 0 Å². The molecule has 0 aliphatic heterocycles. The van der Waals surface area contributed by atoms with Crippen LogP contribution in [-0.4, -0.2) is 29.7 Å². The van der Waals surface area contributed by atoms with E-state index in [9.17, 15) is 4.79 Å². The Morgan fingerprint density at radius 2 is 2.38 bits per heavy atom. The molecule has 1 N–H and O–H groups in total. The van der Waals surface area contributed by atoms with Crippen LogP contribution in [0.5, 0.6) is 0 Å². The van der Waals surface area contributed by atoms with E-state index in [4.69, 9.17) is 5.11 Å². The van der Waals surface area contributed by atoms with Gasteiger partial charge in [-0.25, -0.2) is 4.79 Å². The lowest BCUT2D eigenvalue weighted by atomic mass is 9.85. The number of carboxylic acid groups (broad SMARTS) is 1. The van der Waals surface area contributed by atoms with Gasteiger partial charge in [-0.15, -0.1) is 0 Å². The van der Waals surface area contributed by atoms with Crippen molar-refractivity contribution in [1.29, 1.82) is 0 Å². The predicted molar refractivity (Wildman–Crippen MR) is 61.8 cm³/mol. The zero-order valence-corrected chi connectivity index (χ0v) is 9.39. The Morgan fingerprint density at radius 1 is 1.62 bits per heavy atom. The lowest BCUT2D eigenvalue weighted by Gasteiger charge is -2.31. The Hall–Kier alpha value is -1.58. The molecule has 1 aliphatic carbocycles. The Labute approximate surface area is 94.9 Å². The van der Waals surface area contributed by atoms with Gasteiger partial charge in [0.05, 0.1) is 17.4 Å². The van der Waals surface area contributed by atoms with Crippen molar-refractivity contribution in [2.75, 3.05) is 18.5 Å². The van der Waals surface area contributed by atoms with Crippen LogP contribution >= 0.6 is 0 Å². The first-order valence-corrected chi connectivity index (χ1v) is 5.57. The van der Waals surface area contributed by atoms with Gasteiger partial charge in [0.15, 0.2) is 0 Å². The number of carboxylic acids is 1. The largest absolute Gasteiger partial charge is 0.478 e. The molecule has 0 atom stereocenters. The lowest BCUT2D eigenvalue weighted by Crippen LogP contribution is -2.30. The normalized spacial score (nSPS) is 15.6. The van der Waals surface area contributed by atoms with Crippen LogP contribution < -0.4 is 4.90 Å². The number of carbonyl (C=O) groups is 1. The van der Waals surface area contributed by atoms with Gasteiger partial charge in [-0.05, 0) is 24.8 Å². The summed E-state index contributed by atoms with van der Waals surface area (Å²) in [6, 6.07) is 1.55. The second kappa shape index (κ2) is 4.51. The minimum absolute atomic E-state index is 0.330. The van der Waals surface area contributed by atoms with Crippen molar-refractivity contribution in [3.63, 3.8) is 0 Å². The standard InChI is InChI=1S/C12H16N2O2/c1-14(8-9-3-2-4-9)11-7-13-6-5-10(11)12(15)16/h5-7,9H,2-4,8H2,1H3,(H,15,16). The summed E-state index contributed by atoms with van der Waals surface area (Å²) in [4.78, 5) is 17.0. The minimum atomic E-state index is -0.891. The Morgan fingerprint density at radius 3 is 2.94 bits per heavy atom. The molecule has 2 rings (SSSR count). The van der Waals surface area contributed by atoms with E-state index in [0.29, 0.717) is 17.2 Å². The molecule has 0 spiro atoms. The van der Waals surface area contributed by atoms with Gasteiger partial charge in [0.2, 0.25) is 0 Å². The Balaban J connectivity index is 2.14. The van der Waals surface area contributed by atoms with E-state index in [1.165, 1.54) is 25.5 Å². The molecule has 4 heteroatoms. The monoisotopic (exact) mass is 220 g/mol. The summed E-state index contributed by atoms with van der Waals surface area (Å²) in [5, 5.41) is 9.07. The number of hydrogen-bond donors (Lipinski definition) is 1. The Kier molecular flexibility index (Phi) is 3.08. The molecule has 16 heavy (non-hydrogen) atoms. The minimum Gasteiger partial charge on any atom is -0.478 e. The zero-order valence-electron chi connectivity index (χ0n) is 9.39. The Bertz CT molecular complexity index is 388. The van der Waals surface area contributed by atoms with Crippen molar-refractivity contribution in [3.8, 4) is 0 Å². The number of rotatable bonds is 4. The van der Waals surface area contributed by atoms with Crippen LogP contribution in [0.4, 0.5) is 5.69 Å². The van der Waals surface area contributed by atoms with E-state index in [1.54, 1.807) is 12.3 Å². The number of hydrogen-bond acceptors (Lipinski definition) is 3. The van der Waals surface area contributed by atoms with Crippen molar-refractivity contribution in [1.82, 2.24) is 4.98 Å². The van der Waals surface area contributed by atoms with Gasteiger partial charge in [-0.1, -0.05) is 6.42 Å². The second-order valence-electron chi connectivity index (χ2n) is 4.38. The van der Waals surface area contributed by atoms with Crippen LogP contribution in [-0.2, 0) is 0 Å². The van der Waals surface area contributed by atoms with Crippen LogP contribution in [0.25, 0.3) is 0 Å². The van der Waals surface area contributed by atoms with Crippen molar-refractivity contribution >= 4 is 11.7 Å². The molecule has 1 fully saturated rings. The summed E-state index contributed by atoms with van der Waals surface area (Å²) in [6.07, 6.45) is 6.96. The van der Waals surface area contributed by atoms with Gasteiger partial charge in [-0.2, -0.15) is 0 Å². The fraction of sp³-hybridized carbons (Fsp3) is 0.500. The van der Waals surface area contributed by atoms with E-state index in [1.807, 2.05) is 11.9 Å². The van der Waals surface area contributed by atoms with E-state index in [-0.39, 0.29) is 0 Å². The fourth-order valence-corrected chi connectivity index (χ4v) is 2.03. The maximum Gasteiger partial charge on any atom is 0.337 e. The molecule has 86 valence electrons. The third-order valence-electron chi connectivity index (χ3n) is 3.20. The van der Waals surface area contributed by atoms with E-state index in [0.717, 1.165) is 6.54 Å².